The SMILES string of the molecule is CC(C)(c1ccc(OCC23CCC(NS(C)(=O)=O)(CC2)C3)cc1)c1cc(Cl)c(OCCCl)c(C#N)c1. The van der Waals surface area contributed by atoms with E-state index in [4.69, 9.17) is 32.7 Å². The van der Waals surface area contributed by atoms with Crippen LogP contribution in [0, 0.1) is 16.7 Å². The van der Waals surface area contributed by atoms with Gasteiger partial charge in [-0.2, -0.15) is 5.26 Å². The number of fused-ring (bicyclic) bond motifs is 2. The van der Waals surface area contributed by atoms with Crippen LogP contribution in [0.15, 0.2) is 36.4 Å². The Morgan fingerprint density at radius 1 is 1.08 bits per heavy atom. The molecular formula is C27H32Cl2N2O4S. The van der Waals surface area contributed by atoms with Gasteiger partial charge in [-0.3, -0.25) is 0 Å². The topological polar surface area (TPSA) is 88.4 Å². The molecule has 0 radical (unpaired) electrons. The Hall–Kier alpha value is -1.98. The van der Waals surface area contributed by atoms with Crippen molar-refractivity contribution < 1.29 is 17.9 Å². The summed E-state index contributed by atoms with van der Waals surface area (Å²) in [5, 5.41) is 10.0. The molecule has 2 fully saturated rings. The maximum atomic E-state index is 11.8. The lowest BCUT2D eigenvalue weighted by Gasteiger charge is -2.28. The van der Waals surface area contributed by atoms with Crippen LogP contribution >= 0.6 is 23.2 Å². The molecule has 0 unspecified atom stereocenters. The van der Waals surface area contributed by atoms with Crippen molar-refractivity contribution in [3.8, 4) is 17.6 Å². The first-order valence-corrected chi connectivity index (χ1v) is 14.9. The second-order valence-electron chi connectivity index (χ2n) is 10.8. The largest absolute Gasteiger partial charge is 0.493 e. The number of halogens is 2. The summed E-state index contributed by atoms with van der Waals surface area (Å²) in [5.74, 6) is 1.45. The minimum atomic E-state index is -3.23. The van der Waals surface area contributed by atoms with Gasteiger partial charge in [0, 0.05) is 16.4 Å². The van der Waals surface area contributed by atoms with Crippen molar-refractivity contribution in [2.75, 3.05) is 25.3 Å². The van der Waals surface area contributed by atoms with Gasteiger partial charge in [-0.1, -0.05) is 37.6 Å². The number of nitriles is 1. The van der Waals surface area contributed by atoms with Crippen LogP contribution in [0.5, 0.6) is 11.5 Å². The van der Waals surface area contributed by atoms with Gasteiger partial charge in [0.15, 0.2) is 5.75 Å². The molecule has 4 rings (SSSR count). The van der Waals surface area contributed by atoms with Crippen molar-refractivity contribution in [2.24, 2.45) is 5.41 Å². The lowest BCUT2D eigenvalue weighted by molar-refractivity contribution is 0.152. The molecule has 6 nitrogen and oxygen atoms in total. The zero-order valence-corrected chi connectivity index (χ0v) is 23.2. The van der Waals surface area contributed by atoms with Gasteiger partial charge in [-0.15, -0.1) is 11.6 Å². The zero-order valence-electron chi connectivity index (χ0n) is 20.9. The van der Waals surface area contributed by atoms with E-state index in [-0.39, 0.29) is 17.6 Å². The lowest BCUT2D eigenvalue weighted by atomic mass is 9.77. The van der Waals surface area contributed by atoms with Gasteiger partial charge in [-0.05, 0) is 67.5 Å². The van der Waals surface area contributed by atoms with Gasteiger partial charge in [0.05, 0.1) is 29.3 Å². The lowest BCUT2D eigenvalue weighted by Crippen LogP contribution is -2.44. The maximum Gasteiger partial charge on any atom is 0.209 e. The van der Waals surface area contributed by atoms with Crippen molar-refractivity contribution in [3.63, 3.8) is 0 Å². The van der Waals surface area contributed by atoms with Crippen molar-refractivity contribution >= 4 is 33.2 Å². The molecule has 36 heavy (non-hydrogen) atoms. The Balaban J connectivity index is 1.45. The molecule has 194 valence electrons. The summed E-state index contributed by atoms with van der Waals surface area (Å²) in [5.41, 5.74) is 1.64. The fourth-order valence-corrected chi connectivity index (χ4v) is 7.17. The Labute approximate surface area is 223 Å². The van der Waals surface area contributed by atoms with Gasteiger partial charge in [0.25, 0.3) is 0 Å². The summed E-state index contributed by atoms with van der Waals surface area (Å²) in [4.78, 5) is 0. The van der Waals surface area contributed by atoms with E-state index in [9.17, 15) is 13.7 Å². The van der Waals surface area contributed by atoms with Crippen LogP contribution in [-0.4, -0.2) is 39.3 Å². The van der Waals surface area contributed by atoms with E-state index in [2.05, 4.69) is 24.6 Å². The van der Waals surface area contributed by atoms with Crippen LogP contribution in [0.3, 0.4) is 0 Å². The number of nitrogens with one attached hydrogen (secondary N) is 1. The molecule has 0 saturated heterocycles. The molecule has 2 aliphatic carbocycles. The zero-order chi connectivity index (χ0) is 26.2. The molecule has 2 bridgehead atoms. The number of hydrogen-bond donors (Lipinski definition) is 1. The molecular weight excluding hydrogens is 519 g/mol. The van der Waals surface area contributed by atoms with Crippen molar-refractivity contribution in [1.82, 2.24) is 4.72 Å². The smallest absolute Gasteiger partial charge is 0.209 e. The van der Waals surface area contributed by atoms with Crippen molar-refractivity contribution in [3.05, 3.63) is 58.1 Å². The van der Waals surface area contributed by atoms with Crippen LogP contribution in [0.25, 0.3) is 0 Å². The Morgan fingerprint density at radius 3 is 2.33 bits per heavy atom. The van der Waals surface area contributed by atoms with Gasteiger partial charge in [0.1, 0.15) is 18.4 Å². The van der Waals surface area contributed by atoms with E-state index < -0.39 is 15.4 Å². The summed E-state index contributed by atoms with van der Waals surface area (Å²) < 4.78 is 38.3. The van der Waals surface area contributed by atoms with Crippen LogP contribution in [-0.2, 0) is 15.4 Å². The fourth-order valence-electron chi connectivity index (χ4n) is 5.75. The molecule has 0 spiro atoms. The normalized spacial score (nSPS) is 23.4. The van der Waals surface area contributed by atoms with Crippen molar-refractivity contribution in [1.29, 1.82) is 5.26 Å². The molecule has 0 aromatic heterocycles. The summed E-state index contributed by atoms with van der Waals surface area (Å²) in [7, 11) is -3.23. The summed E-state index contributed by atoms with van der Waals surface area (Å²) in [6.07, 6.45) is 5.71. The third kappa shape index (κ3) is 5.62. The number of sulfonamides is 1. The number of alkyl halides is 1. The summed E-state index contributed by atoms with van der Waals surface area (Å²) in [6.45, 7) is 5.02. The third-order valence-corrected chi connectivity index (χ3v) is 8.95. The van der Waals surface area contributed by atoms with E-state index >= 15 is 0 Å². The third-order valence-electron chi connectivity index (χ3n) is 7.71. The summed E-state index contributed by atoms with van der Waals surface area (Å²) >= 11 is 12.2. The Kier molecular flexibility index (Phi) is 7.56. The highest BCUT2D eigenvalue weighted by Crippen LogP contribution is 2.56. The standard InChI is InChI=1S/C27H32Cl2N2O4S/c1-25(2,21-14-19(16-30)24(23(29)15-21)34-13-12-28)20-4-6-22(7-5-20)35-18-26-8-10-27(17-26,11-9-26)31-36(3,32)33/h4-7,14-15,31H,8-13,17-18H2,1-3H3. The first kappa shape index (κ1) is 27.1. The number of benzene rings is 2. The van der Waals surface area contributed by atoms with Gasteiger partial charge in [-0.25, -0.2) is 13.1 Å². The van der Waals surface area contributed by atoms with Crippen molar-refractivity contribution in [2.45, 2.75) is 56.9 Å². The van der Waals surface area contributed by atoms with Crippen LogP contribution < -0.4 is 14.2 Å². The van der Waals surface area contributed by atoms with Crippen LogP contribution in [0.2, 0.25) is 5.02 Å². The highest BCUT2D eigenvalue weighted by atomic mass is 35.5. The average molecular weight is 552 g/mol. The summed E-state index contributed by atoms with van der Waals surface area (Å²) in [6, 6.07) is 13.8. The number of hydrogen-bond acceptors (Lipinski definition) is 5. The molecule has 2 saturated carbocycles. The minimum absolute atomic E-state index is 0.0212. The Bertz CT molecular complexity index is 1260. The first-order chi connectivity index (χ1) is 16.9. The highest BCUT2D eigenvalue weighted by Gasteiger charge is 2.55. The van der Waals surface area contributed by atoms with Gasteiger partial charge in [0.2, 0.25) is 10.0 Å². The average Bonchev–Trinajstić information content (AvgIpc) is 3.36. The van der Waals surface area contributed by atoms with Crippen LogP contribution in [0.1, 0.15) is 62.6 Å². The van der Waals surface area contributed by atoms with Crippen LogP contribution in [0.4, 0.5) is 0 Å². The molecule has 2 aromatic carbocycles. The predicted octanol–water partition coefficient (Wildman–Crippen LogP) is 5.79. The number of nitrogens with zero attached hydrogens (tertiary/aromatic N) is 1. The van der Waals surface area contributed by atoms with Gasteiger partial charge >= 0.3 is 0 Å². The molecule has 2 aromatic rings. The van der Waals surface area contributed by atoms with E-state index in [1.807, 2.05) is 36.4 Å². The number of ether oxygens (including phenoxy) is 2. The molecule has 2 aliphatic rings. The van der Waals surface area contributed by atoms with E-state index in [1.165, 1.54) is 6.26 Å². The minimum Gasteiger partial charge on any atom is -0.493 e. The predicted molar refractivity (Wildman–Crippen MR) is 143 cm³/mol. The molecule has 0 atom stereocenters. The monoisotopic (exact) mass is 550 g/mol. The maximum absolute atomic E-state index is 11.8. The quantitative estimate of drug-likeness (QED) is 0.378. The molecule has 1 N–H and O–H groups in total. The van der Waals surface area contributed by atoms with E-state index in [0.29, 0.717) is 28.8 Å². The number of rotatable bonds is 10. The molecule has 0 heterocycles. The second kappa shape index (κ2) is 10.1. The molecule has 9 heteroatoms. The highest BCUT2D eigenvalue weighted by molar-refractivity contribution is 7.88. The van der Waals surface area contributed by atoms with Gasteiger partial charge < -0.3 is 9.47 Å². The second-order valence-corrected chi connectivity index (χ2v) is 13.3. The van der Waals surface area contributed by atoms with E-state index in [0.717, 1.165) is 49.0 Å². The molecule has 0 aliphatic heterocycles. The first-order valence-electron chi connectivity index (χ1n) is 12.1. The molecule has 0 amide bonds. The fraction of sp³-hybridized carbons (Fsp3) is 0.519. The van der Waals surface area contributed by atoms with E-state index in [1.54, 1.807) is 0 Å². The Morgan fingerprint density at radius 2 is 1.75 bits per heavy atom.